The minimum Gasteiger partial charge on any atom is -0.372 e. The first-order valence-corrected chi connectivity index (χ1v) is 8.23. The van der Waals surface area contributed by atoms with Crippen molar-refractivity contribution in [3.05, 3.63) is 28.2 Å². The third kappa shape index (κ3) is 3.74. The number of morpholine rings is 1. The molecule has 1 fully saturated rings. The molecule has 1 aliphatic heterocycles. The Hall–Kier alpha value is -0.580. The van der Waals surface area contributed by atoms with Gasteiger partial charge in [-0.15, -0.1) is 0 Å². The third-order valence-corrected chi connectivity index (χ3v) is 4.43. The third-order valence-electron chi connectivity index (χ3n) is 3.75. The van der Waals surface area contributed by atoms with Crippen molar-refractivity contribution < 1.29 is 4.74 Å². The Morgan fingerprint density at radius 3 is 2.55 bits per heavy atom. The molecule has 0 aromatic heterocycles. The van der Waals surface area contributed by atoms with Crippen LogP contribution >= 0.6 is 15.9 Å². The van der Waals surface area contributed by atoms with Gasteiger partial charge >= 0.3 is 0 Å². The highest BCUT2D eigenvalue weighted by molar-refractivity contribution is 9.10. The first-order chi connectivity index (χ1) is 9.51. The predicted octanol–water partition coefficient (Wildman–Crippen LogP) is 3.73. The van der Waals surface area contributed by atoms with Crippen molar-refractivity contribution in [2.45, 2.75) is 45.9 Å². The highest BCUT2D eigenvalue weighted by Gasteiger charge is 2.23. The van der Waals surface area contributed by atoms with Gasteiger partial charge in [0.1, 0.15) is 0 Å². The van der Waals surface area contributed by atoms with Crippen molar-refractivity contribution in [1.82, 2.24) is 5.32 Å². The van der Waals surface area contributed by atoms with Gasteiger partial charge in [0.25, 0.3) is 0 Å². The van der Waals surface area contributed by atoms with Gasteiger partial charge in [0.2, 0.25) is 0 Å². The van der Waals surface area contributed by atoms with Crippen molar-refractivity contribution in [1.29, 1.82) is 0 Å². The summed E-state index contributed by atoms with van der Waals surface area (Å²) in [5.41, 5.74) is 2.58. The summed E-state index contributed by atoms with van der Waals surface area (Å²) < 4.78 is 6.97. The van der Waals surface area contributed by atoms with E-state index in [1.165, 1.54) is 15.7 Å². The van der Waals surface area contributed by atoms with E-state index < -0.39 is 0 Å². The van der Waals surface area contributed by atoms with E-state index in [1.54, 1.807) is 0 Å². The van der Waals surface area contributed by atoms with Gasteiger partial charge < -0.3 is 15.0 Å². The van der Waals surface area contributed by atoms with Crippen molar-refractivity contribution in [2.24, 2.45) is 0 Å². The quantitative estimate of drug-likeness (QED) is 0.903. The summed E-state index contributed by atoms with van der Waals surface area (Å²) in [6.07, 6.45) is 0.579. The van der Waals surface area contributed by atoms with Crippen LogP contribution in [-0.4, -0.2) is 31.8 Å². The predicted molar refractivity (Wildman–Crippen MR) is 88.5 cm³/mol. The summed E-state index contributed by atoms with van der Waals surface area (Å²) in [4.78, 5) is 2.41. The van der Waals surface area contributed by atoms with Gasteiger partial charge in [0.15, 0.2) is 0 Å². The van der Waals surface area contributed by atoms with Crippen LogP contribution in [0.15, 0.2) is 22.7 Å². The van der Waals surface area contributed by atoms with Gasteiger partial charge in [-0.3, -0.25) is 0 Å². The molecule has 1 aromatic carbocycles. The van der Waals surface area contributed by atoms with Crippen LogP contribution in [0.1, 0.15) is 39.3 Å². The number of hydrogen-bond donors (Lipinski definition) is 1. The molecule has 0 radical (unpaired) electrons. The number of anilines is 1. The summed E-state index contributed by atoms with van der Waals surface area (Å²) >= 11 is 3.72. The number of nitrogens with zero attached hydrogens (tertiary/aromatic N) is 1. The molecule has 2 rings (SSSR count). The summed E-state index contributed by atoms with van der Waals surface area (Å²) in [7, 11) is 0. The van der Waals surface area contributed by atoms with Crippen LogP contribution in [0.2, 0.25) is 0 Å². The first-order valence-electron chi connectivity index (χ1n) is 7.44. The Morgan fingerprint density at radius 2 is 2.00 bits per heavy atom. The van der Waals surface area contributed by atoms with E-state index in [9.17, 15) is 0 Å². The molecule has 20 heavy (non-hydrogen) atoms. The Balaban J connectivity index is 2.16. The summed E-state index contributed by atoms with van der Waals surface area (Å²) in [5.74, 6) is 0. The van der Waals surface area contributed by atoms with E-state index in [-0.39, 0.29) is 12.2 Å². The maximum atomic E-state index is 5.80. The molecule has 0 spiro atoms. The standard InChI is InChI=1S/C16H25BrN2O/c1-5-18-13(4)15-7-6-14(8-16(15)17)19-9-11(2)20-12(3)10-19/h6-8,11-13,18H,5,9-10H2,1-4H3. The largest absolute Gasteiger partial charge is 0.372 e. The number of hydrogen-bond acceptors (Lipinski definition) is 3. The van der Waals surface area contributed by atoms with E-state index in [1.807, 2.05) is 0 Å². The topological polar surface area (TPSA) is 24.5 Å². The molecule has 0 amide bonds. The van der Waals surface area contributed by atoms with Crippen LogP contribution in [0.5, 0.6) is 0 Å². The van der Waals surface area contributed by atoms with E-state index in [0.29, 0.717) is 6.04 Å². The molecule has 3 atom stereocenters. The maximum absolute atomic E-state index is 5.80. The molecule has 1 N–H and O–H groups in total. The van der Waals surface area contributed by atoms with E-state index in [2.05, 4.69) is 72.0 Å². The lowest BCUT2D eigenvalue weighted by Gasteiger charge is -2.37. The molecule has 1 aliphatic rings. The fourth-order valence-electron chi connectivity index (χ4n) is 2.87. The Kier molecular flexibility index (Phi) is 5.47. The highest BCUT2D eigenvalue weighted by atomic mass is 79.9. The second-order valence-electron chi connectivity index (χ2n) is 5.65. The Bertz CT molecular complexity index is 442. The van der Waals surface area contributed by atoms with Crippen LogP contribution in [0.3, 0.4) is 0 Å². The Morgan fingerprint density at radius 1 is 1.35 bits per heavy atom. The molecular weight excluding hydrogens is 316 g/mol. The fourth-order valence-corrected chi connectivity index (χ4v) is 3.58. The highest BCUT2D eigenvalue weighted by Crippen LogP contribution is 2.29. The smallest absolute Gasteiger partial charge is 0.0726 e. The number of benzene rings is 1. The van der Waals surface area contributed by atoms with Crippen molar-refractivity contribution >= 4 is 21.6 Å². The van der Waals surface area contributed by atoms with Crippen LogP contribution in [0.4, 0.5) is 5.69 Å². The molecule has 0 bridgehead atoms. The first kappa shape index (κ1) is 15.8. The van der Waals surface area contributed by atoms with Gasteiger partial charge in [-0.05, 0) is 45.0 Å². The van der Waals surface area contributed by atoms with Crippen molar-refractivity contribution in [3.63, 3.8) is 0 Å². The average Bonchev–Trinajstić information content (AvgIpc) is 2.37. The van der Waals surface area contributed by atoms with Gasteiger partial charge in [-0.1, -0.05) is 28.9 Å². The fraction of sp³-hybridized carbons (Fsp3) is 0.625. The van der Waals surface area contributed by atoms with E-state index in [0.717, 1.165) is 19.6 Å². The van der Waals surface area contributed by atoms with E-state index >= 15 is 0 Å². The monoisotopic (exact) mass is 340 g/mol. The molecule has 3 unspecified atom stereocenters. The molecule has 1 saturated heterocycles. The molecule has 1 heterocycles. The average molecular weight is 341 g/mol. The number of ether oxygens (including phenoxy) is 1. The number of nitrogens with one attached hydrogen (secondary N) is 1. The second kappa shape index (κ2) is 6.92. The molecule has 1 aromatic rings. The summed E-state index contributed by atoms with van der Waals surface area (Å²) in [6, 6.07) is 7.04. The number of rotatable bonds is 4. The summed E-state index contributed by atoms with van der Waals surface area (Å²) in [5, 5.41) is 3.45. The molecule has 112 valence electrons. The second-order valence-corrected chi connectivity index (χ2v) is 6.50. The molecule has 4 heteroatoms. The summed E-state index contributed by atoms with van der Waals surface area (Å²) in [6.45, 7) is 11.5. The van der Waals surface area contributed by atoms with Gasteiger partial charge in [0, 0.05) is 29.3 Å². The van der Waals surface area contributed by atoms with Gasteiger partial charge in [-0.25, -0.2) is 0 Å². The lowest BCUT2D eigenvalue weighted by Crippen LogP contribution is -2.45. The maximum Gasteiger partial charge on any atom is 0.0726 e. The normalized spacial score (nSPS) is 24.8. The zero-order valence-corrected chi connectivity index (χ0v) is 14.4. The number of halogens is 1. The van der Waals surface area contributed by atoms with Crippen molar-refractivity contribution in [3.8, 4) is 0 Å². The lowest BCUT2D eigenvalue weighted by atomic mass is 10.1. The van der Waals surface area contributed by atoms with Crippen molar-refractivity contribution in [2.75, 3.05) is 24.5 Å². The van der Waals surface area contributed by atoms with Gasteiger partial charge in [-0.2, -0.15) is 0 Å². The molecule has 0 saturated carbocycles. The minimum atomic E-state index is 0.290. The van der Waals surface area contributed by atoms with Gasteiger partial charge in [0.05, 0.1) is 12.2 Å². The minimum absolute atomic E-state index is 0.290. The zero-order chi connectivity index (χ0) is 14.7. The Labute approximate surface area is 130 Å². The zero-order valence-electron chi connectivity index (χ0n) is 12.8. The SMILES string of the molecule is CCNC(C)c1ccc(N2CC(C)OC(C)C2)cc1Br. The molecular formula is C16H25BrN2O. The van der Waals surface area contributed by atoms with Crippen LogP contribution in [0, 0.1) is 0 Å². The lowest BCUT2D eigenvalue weighted by molar-refractivity contribution is -0.00522. The van der Waals surface area contributed by atoms with Crippen LogP contribution in [-0.2, 0) is 4.74 Å². The van der Waals surface area contributed by atoms with Crippen LogP contribution in [0.25, 0.3) is 0 Å². The van der Waals surface area contributed by atoms with E-state index in [4.69, 9.17) is 4.74 Å². The van der Waals surface area contributed by atoms with Crippen LogP contribution < -0.4 is 10.2 Å². The molecule has 3 nitrogen and oxygen atoms in total. The molecule has 0 aliphatic carbocycles.